The van der Waals surface area contributed by atoms with Gasteiger partial charge in [-0.25, -0.2) is 9.50 Å². The minimum Gasteiger partial charge on any atom is -0.338 e. The van der Waals surface area contributed by atoms with E-state index in [4.69, 9.17) is 5.73 Å². The van der Waals surface area contributed by atoms with Crippen LogP contribution in [0.15, 0.2) is 42.9 Å². The van der Waals surface area contributed by atoms with E-state index in [1.165, 1.54) is 11.1 Å². The minimum atomic E-state index is 0.145. The highest BCUT2D eigenvalue weighted by molar-refractivity contribution is 5.76. The predicted molar refractivity (Wildman–Crippen MR) is 114 cm³/mol. The summed E-state index contributed by atoms with van der Waals surface area (Å²) in [5.41, 5.74) is 10.8. The van der Waals surface area contributed by atoms with Gasteiger partial charge in [0.25, 0.3) is 0 Å². The van der Waals surface area contributed by atoms with Crippen molar-refractivity contribution in [3.05, 3.63) is 54.0 Å². The van der Waals surface area contributed by atoms with Gasteiger partial charge in [-0.15, -0.1) is 0 Å². The Morgan fingerprint density at radius 3 is 2.50 bits per heavy atom. The Morgan fingerprint density at radius 2 is 1.82 bits per heavy atom. The molecule has 3 aromatic rings. The molecular weight excluding hydrogens is 348 g/mol. The lowest BCUT2D eigenvalue weighted by molar-refractivity contribution is 0.206. The van der Waals surface area contributed by atoms with Crippen molar-refractivity contribution in [3.63, 3.8) is 0 Å². The Bertz CT molecular complexity index is 930. The smallest absolute Gasteiger partial charge is 0.158 e. The van der Waals surface area contributed by atoms with E-state index >= 15 is 0 Å². The molecule has 0 unspecified atom stereocenters. The summed E-state index contributed by atoms with van der Waals surface area (Å²) >= 11 is 0. The van der Waals surface area contributed by atoms with Gasteiger partial charge in [-0.1, -0.05) is 32.9 Å². The number of anilines is 2. The summed E-state index contributed by atoms with van der Waals surface area (Å²) in [7, 11) is 0. The van der Waals surface area contributed by atoms with Crippen molar-refractivity contribution in [1.29, 1.82) is 0 Å². The van der Waals surface area contributed by atoms with E-state index in [1.54, 1.807) is 6.33 Å². The van der Waals surface area contributed by atoms with E-state index in [1.807, 2.05) is 10.7 Å². The molecule has 4 rings (SSSR count). The van der Waals surface area contributed by atoms with Gasteiger partial charge in [0.2, 0.25) is 0 Å². The van der Waals surface area contributed by atoms with Gasteiger partial charge in [0, 0.05) is 24.5 Å². The number of hydrogen-bond acceptors (Lipinski definition) is 5. The molecule has 1 fully saturated rings. The largest absolute Gasteiger partial charge is 0.338 e. The summed E-state index contributed by atoms with van der Waals surface area (Å²) in [6, 6.07) is 11.1. The second-order valence-corrected chi connectivity index (χ2v) is 8.81. The monoisotopic (exact) mass is 378 g/mol. The van der Waals surface area contributed by atoms with Crippen LogP contribution in [0.1, 0.15) is 44.7 Å². The zero-order valence-corrected chi connectivity index (χ0v) is 17.0. The fourth-order valence-electron chi connectivity index (χ4n) is 3.78. The van der Waals surface area contributed by atoms with E-state index in [0.717, 1.165) is 49.5 Å². The second-order valence-electron chi connectivity index (χ2n) is 8.81. The molecule has 3 heterocycles. The Morgan fingerprint density at radius 1 is 1.11 bits per heavy atom. The van der Waals surface area contributed by atoms with Gasteiger partial charge < -0.3 is 11.1 Å². The van der Waals surface area contributed by atoms with Crippen molar-refractivity contribution in [1.82, 2.24) is 19.5 Å². The number of nitrogens with one attached hydrogen (secondary N) is 1. The number of nitrogens with zero attached hydrogens (tertiary/aromatic N) is 4. The van der Waals surface area contributed by atoms with Crippen molar-refractivity contribution in [2.75, 3.05) is 18.4 Å². The highest BCUT2D eigenvalue weighted by Crippen LogP contribution is 2.27. The maximum atomic E-state index is 6.05. The quantitative estimate of drug-likeness (QED) is 0.724. The molecule has 0 atom stereocenters. The first-order valence-electron chi connectivity index (χ1n) is 10.1. The molecule has 0 bridgehead atoms. The average Bonchev–Trinajstić information content (AvgIpc) is 3.07. The van der Waals surface area contributed by atoms with Crippen molar-refractivity contribution in [3.8, 4) is 0 Å². The van der Waals surface area contributed by atoms with Crippen LogP contribution in [-0.2, 0) is 12.0 Å². The van der Waals surface area contributed by atoms with Crippen LogP contribution < -0.4 is 11.1 Å². The molecule has 1 aliphatic rings. The molecule has 1 saturated heterocycles. The number of nitrogens with two attached hydrogens (primary N) is 1. The van der Waals surface area contributed by atoms with E-state index in [9.17, 15) is 0 Å². The fourth-order valence-corrected chi connectivity index (χ4v) is 3.78. The SMILES string of the molecule is CC(C)(C)c1ccc(Nc2ncnn3ccc(CN4CCC(N)CC4)c23)cc1. The van der Waals surface area contributed by atoms with Crippen LogP contribution in [0.3, 0.4) is 0 Å². The van der Waals surface area contributed by atoms with Gasteiger partial charge in [-0.05, 0) is 60.7 Å². The molecule has 0 aliphatic carbocycles. The molecular formula is C22H30N6. The summed E-state index contributed by atoms with van der Waals surface area (Å²) in [6.45, 7) is 9.66. The number of piperidine rings is 1. The number of hydrogen-bond donors (Lipinski definition) is 2. The third kappa shape index (κ3) is 4.03. The van der Waals surface area contributed by atoms with Gasteiger partial charge in [0.1, 0.15) is 11.8 Å². The van der Waals surface area contributed by atoms with E-state index in [-0.39, 0.29) is 5.41 Å². The summed E-state index contributed by atoms with van der Waals surface area (Å²) in [4.78, 5) is 7.00. The fraction of sp³-hybridized carbons (Fsp3) is 0.455. The van der Waals surface area contributed by atoms with Crippen molar-refractivity contribution < 1.29 is 0 Å². The standard InChI is InChI=1S/C22H30N6/c1-22(2,3)17-4-6-19(7-5-17)26-21-20-16(8-13-28(20)25-15-24-21)14-27-11-9-18(23)10-12-27/h4-8,13,15,18H,9-12,14,23H2,1-3H3,(H,24,25,26). The summed E-state index contributed by atoms with van der Waals surface area (Å²) in [5.74, 6) is 0.840. The molecule has 1 aromatic carbocycles. The Hall–Kier alpha value is -2.44. The van der Waals surface area contributed by atoms with Crippen molar-refractivity contribution in [2.24, 2.45) is 5.73 Å². The number of benzene rings is 1. The normalized spacial score (nSPS) is 16.6. The lowest BCUT2D eigenvalue weighted by Gasteiger charge is -2.29. The molecule has 6 nitrogen and oxygen atoms in total. The van der Waals surface area contributed by atoms with Crippen molar-refractivity contribution >= 4 is 17.0 Å². The van der Waals surface area contributed by atoms with Gasteiger partial charge in [0.15, 0.2) is 5.82 Å². The van der Waals surface area contributed by atoms with Gasteiger partial charge in [-0.3, -0.25) is 4.90 Å². The predicted octanol–water partition coefficient (Wildman–Crippen LogP) is 3.69. The van der Waals surface area contributed by atoms with Gasteiger partial charge >= 0.3 is 0 Å². The molecule has 0 saturated carbocycles. The maximum absolute atomic E-state index is 6.05. The molecule has 0 spiro atoms. The number of likely N-dealkylation sites (tertiary alicyclic amines) is 1. The third-order valence-corrected chi connectivity index (χ3v) is 5.58. The number of fused-ring (bicyclic) bond motifs is 1. The zero-order valence-electron chi connectivity index (χ0n) is 17.0. The van der Waals surface area contributed by atoms with Gasteiger partial charge in [-0.2, -0.15) is 5.10 Å². The lowest BCUT2D eigenvalue weighted by Crippen LogP contribution is -2.39. The molecule has 148 valence electrons. The highest BCUT2D eigenvalue weighted by Gasteiger charge is 2.19. The molecule has 28 heavy (non-hydrogen) atoms. The van der Waals surface area contributed by atoms with Crippen LogP contribution in [0.2, 0.25) is 0 Å². The van der Waals surface area contributed by atoms with E-state index in [2.05, 4.69) is 71.4 Å². The van der Waals surface area contributed by atoms with Crippen LogP contribution in [0, 0.1) is 0 Å². The highest BCUT2D eigenvalue weighted by atomic mass is 15.3. The first-order chi connectivity index (χ1) is 13.4. The molecule has 3 N–H and O–H groups in total. The second kappa shape index (κ2) is 7.53. The van der Waals surface area contributed by atoms with E-state index in [0.29, 0.717) is 6.04 Å². The third-order valence-electron chi connectivity index (χ3n) is 5.58. The first-order valence-corrected chi connectivity index (χ1v) is 10.1. The molecule has 6 heteroatoms. The number of aromatic nitrogens is 3. The van der Waals surface area contributed by atoms with Crippen molar-refractivity contribution in [2.45, 2.75) is 51.6 Å². The first kappa shape index (κ1) is 18.9. The van der Waals surface area contributed by atoms with Crippen LogP contribution in [-0.4, -0.2) is 38.6 Å². The summed E-state index contributed by atoms with van der Waals surface area (Å²) < 4.78 is 1.91. The van der Waals surface area contributed by atoms with Gasteiger partial charge in [0.05, 0.1) is 0 Å². The minimum absolute atomic E-state index is 0.145. The molecule has 0 amide bonds. The zero-order chi connectivity index (χ0) is 19.7. The average molecular weight is 379 g/mol. The summed E-state index contributed by atoms with van der Waals surface area (Å²) in [5, 5.41) is 7.87. The lowest BCUT2D eigenvalue weighted by atomic mass is 9.87. The van der Waals surface area contributed by atoms with Crippen LogP contribution in [0.25, 0.3) is 5.52 Å². The van der Waals surface area contributed by atoms with E-state index < -0.39 is 0 Å². The van der Waals surface area contributed by atoms with Crippen LogP contribution >= 0.6 is 0 Å². The molecule has 1 aliphatic heterocycles. The Kier molecular flexibility index (Phi) is 5.08. The number of rotatable bonds is 4. The molecule has 0 radical (unpaired) electrons. The Balaban J connectivity index is 1.58. The van der Waals surface area contributed by atoms with Crippen LogP contribution in [0.4, 0.5) is 11.5 Å². The Labute approximate surface area is 166 Å². The topological polar surface area (TPSA) is 71.5 Å². The maximum Gasteiger partial charge on any atom is 0.158 e. The summed E-state index contributed by atoms with van der Waals surface area (Å²) in [6.07, 6.45) is 5.74. The molecule has 2 aromatic heterocycles. The van der Waals surface area contributed by atoms with Crippen LogP contribution in [0.5, 0.6) is 0 Å².